The smallest absolute Gasteiger partial charge is 0.331 e. The van der Waals surface area contributed by atoms with E-state index in [1.807, 2.05) is 6.20 Å². The maximum atomic E-state index is 11.0. The number of rotatable bonds is 2. The number of ether oxygens (including phenoxy) is 1. The van der Waals surface area contributed by atoms with Gasteiger partial charge >= 0.3 is 5.97 Å². The van der Waals surface area contributed by atoms with E-state index in [2.05, 4.69) is 21.6 Å². The fraction of sp³-hybridized carbons (Fsp3) is 0.750. The van der Waals surface area contributed by atoms with Crippen LogP contribution < -0.4 is 0 Å². The Kier molecular flexibility index (Phi) is 3.49. The van der Waals surface area contributed by atoms with Crippen LogP contribution >= 0.6 is 0 Å². The van der Waals surface area contributed by atoms with E-state index in [0.717, 1.165) is 19.1 Å². The summed E-state index contributed by atoms with van der Waals surface area (Å²) in [6.45, 7) is 2.07. The van der Waals surface area contributed by atoms with Gasteiger partial charge in [0.2, 0.25) is 0 Å². The first-order chi connectivity index (χ1) is 7.70. The van der Waals surface area contributed by atoms with Crippen LogP contribution in [-0.4, -0.2) is 55.1 Å². The molecular weight excluding hydrogens is 204 g/mol. The summed E-state index contributed by atoms with van der Waals surface area (Å²) in [4.78, 5) is 15.7. The fourth-order valence-corrected chi connectivity index (χ4v) is 2.70. The molecular formula is C12H20N2O2. The van der Waals surface area contributed by atoms with Crippen LogP contribution in [0.3, 0.4) is 0 Å². The van der Waals surface area contributed by atoms with Gasteiger partial charge in [-0.15, -0.1) is 0 Å². The topological polar surface area (TPSA) is 32.8 Å². The van der Waals surface area contributed by atoms with Gasteiger partial charge in [-0.05, 0) is 26.3 Å². The van der Waals surface area contributed by atoms with Gasteiger partial charge in [-0.3, -0.25) is 4.90 Å². The molecule has 16 heavy (non-hydrogen) atoms. The third kappa shape index (κ3) is 2.38. The third-order valence-corrected chi connectivity index (χ3v) is 3.80. The van der Waals surface area contributed by atoms with Gasteiger partial charge in [0.25, 0.3) is 0 Å². The molecule has 4 heteroatoms. The summed E-state index contributed by atoms with van der Waals surface area (Å²) in [6.07, 6.45) is 7.19. The van der Waals surface area contributed by atoms with E-state index in [-0.39, 0.29) is 5.97 Å². The minimum absolute atomic E-state index is 0.275. The van der Waals surface area contributed by atoms with Gasteiger partial charge in [0.1, 0.15) is 0 Å². The summed E-state index contributed by atoms with van der Waals surface area (Å²) >= 11 is 0. The molecule has 2 saturated heterocycles. The van der Waals surface area contributed by atoms with Crippen molar-refractivity contribution in [1.82, 2.24) is 9.80 Å². The van der Waals surface area contributed by atoms with Gasteiger partial charge < -0.3 is 9.64 Å². The van der Waals surface area contributed by atoms with E-state index in [1.165, 1.54) is 32.4 Å². The van der Waals surface area contributed by atoms with E-state index in [9.17, 15) is 4.79 Å². The molecule has 2 bridgehead atoms. The van der Waals surface area contributed by atoms with Crippen LogP contribution in [0.1, 0.15) is 19.3 Å². The maximum absolute atomic E-state index is 11.0. The lowest BCUT2D eigenvalue weighted by Crippen LogP contribution is -2.34. The number of likely N-dealkylation sites (tertiary alicyclic amines) is 1. The Morgan fingerprint density at radius 3 is 2.81 bits per heavy atom. The Morgan fingerprint density at radius 2 is 2.06 bits per heavy atom. The second-order valence-corrected chi connectivity index (χ2v) is 4.67. The molecule has 2 heterocycles. The van der Waals surface area contributed by atoms with Gasteiger partial charge in [-0.2, -0.15) is 0 Å². The van der Waals surface area contributed by atoms with E-state index in [4.69, 9.17) is 0 Å². The zero-order chi connectivity index (χ0) is 11.5. The predicted octanol–water partition coefficient (Wildman–Crippen LogP) is 0.842. The molecule has 2 fully saturated rings. The number of carbonyl (C=O) groups excluding carboxylic acids is 1. The van der Waals surface area contributed by atoms with Gasteiger partial charge in [0.15, 0.2) is 0 Å². The predicted molar refractivity (Wildman–Crippen MR) is 61.9 cm³/mol. The van der Waals surface area contributed by atoms with Crippen molar-refractivity contribution >= 4 is 5.97 Å². The molecule has 0 aromatic carbocycles. The maximum Gasteiger partial charge on any atom is 0.331 e. The van der Waals surface area contributed by atoms with Crippen molar-refractivity contribution < 1.29 is 9.53 Å². The molecule has 2 aliphatic heterocycles. The number of hydrogen-bond acceptors (Lipinski definition) is 4. The van der Waals surface area contributed by atoms with Crippen molar-refractivity contribution in [2.24, 2.45) is 0 Å². The highest BCUT2D eigenvalue weighted by Crippen LogP contribution is 2.28. The van der Waals surface area contributed by atoms with E-state index < -0.39 is 0 Å². The number of likely N-dealkylation sites (N-methyl/N-ethyl adjacent to an activating group) is 1. The summed E-state index contributed by atoms with van der Waals surface area (Å²) in [6, 6.07) is 1.39. The van der Waals surface area contributed by atoms with Crippen LogP contribution in [-0.2, 0) is 9.53 Å². The second-order valence-electron chi connectivity index (χ2n) is 4.67. The van der Waals surface area contributed by atoms with Crippen molar-refractivity contribution in [1.29, 1.82) is 0 Å². The second kappa shape index (κ2) is 4.87. The average Bonchev–Trinajstić information content (AvgIpc) is 2.52. The molecule has 0 aromatic rings. The monoisotopic (exact) mass is 224 g/mol. The van der Waals surface area contributed by atoms with E-state index in [0.29, 0.717) is 6.04 Å². The van der Waals surface area contributed by atoms with Crippen LogP contribution in [0.15, 0.2) is 12.3 Å². The molecule has 0 aromatic heterocycles. The highest BCUT2D eigenvalue weighted by Gasteiger charge is 2.33. The van der Waals surface area contributed by atoms with Gasteiger partial charge in [-0.1, -0.05) is 0 Å². The lowest BCUT2D eigenvalue weighted by atomic mass is 10.1. The summed E-state index contributed by atoms with van der Waals surface area (Å²) in [5.41, 5.74) is 0. The molecule has 0 saturated carbocycles. The zero-order valence-electron chi connectivity index (χ0n) is 10.1. The molecule has 0 aliphatic carbocycles. The number of esters is 1. The number of nitrogens with zero attached hydrogens (tertiary/aromatic N) is 2. The highest BCUT2D eigenvalue weighted by atomic mass is 16.5. The molecule has 2 unspecified atom stereocenters. The van der Waals surface area contributed by atoms with Crippen LogP contribution in [0.2, 0.25) is 0 Å². The third-order valence-electron chi connectivity index (χ3n) is 3.80. The average molecular weight is 224 g/mol. The molecule has 2 rings (SSSR count). The standard InChI is InChI=1S/C12H20N2O2/c1-13-10-3-4-11(13)9-14(7-5-10)8-6-12(15)16-2/h6,8,10-11H,3-5,7,9H2,1-2H3. The molecule has 0 radical (unpaired) electrons. The van der Waals surface area contributed by atoms with Gasteiger partial charge in [0, 0.05) is 37.4 Å². The summed E-state index contributed by atoms with van der Waals surface area (Å²) < 4.78 is 4.59. The number of carbonyl (C=O) groups is 1. The van der Waals surface area contributed by atoms with Gasteiger partial charge in [-0.25, -0.2) is 4.79 Å². The molecule has 0 amide bonds. The highest BCUT2D eigenvalue weighted by molar-refractivity contribution is 5.81. The molecule has 0 spiro atoms. The van der Waals surface area contributed by atoms with Crippen molar-refractivity contribution in [3.63, 3.8) is 0 Å². The fourth-order valence-electron chi connectivity index (χ4n) is 2.70. The van der Waals surface area contributed by atoms with Crippen LogP contribution in [0.4, 0.5) is 0 Å². The SMILES string of the molecule is COC(=O)C=CN1CCC2CCC(C1)N2C. The molecule has 2 atom stereocenters. The normalized spacial score (nSPS) is 30.8. The molecule has 90 valence electrons. The van der Waals surface area contributed by atoms with Crippen molar-refractivity contribution in [2.75, 3.05) is 27.2 Å². The minimum Gasteiger partial charge on any atom is -0.466 e. The summed E-state index contributed by atoms with van der Waals surface area (Å²) in [5, 5.41) is 0. The van der Waals surface area contributed by atoms with Crippen molar-refractivity contribution in [2.45, 2.75) is 31.3 Å². The molecule has 4 nitrogen and oxygen atoms in total. The Balaban J connectivity index is 1.93. The van der Waals surface area contributed by atoms with Crippen molar-refractivity contribution in [3.8, 4) is 0 Å². The zero-order valence-corrected chi connectivity index (χ0v) is 10.1. The largest absolute Gasteiger partial charge is 0.466 e. The first kappa shape index (κ1) is 11.5. The van der Waals surface area contributed by atoms with Crippen LogP contribution in [0, 0.1) is 0 Å². The summed E-state index contributed by atoms with van der Waals surface area (Å²) in [7, 11) is 3.63. The first-order valence-corrected chi connectivity index (χ1v) is 5.93. The quantitative estimate of drug-likeness (QED) is 0.514. The Morgan fingerprint density at radius 1 is 1.31 bits per heavy atom. The Labute approximate surface area is 96.8 Å². The van der Waals surface area contributed by atoms with E-state index >= 15 is 0 Å². The van der Waals surface area contributed by atoms with Gasteiger partial charge in [0.05, 0.1) is 7.11 Å². The molecule has 2 aliphatic rings. The number of methoxy groups -OCH3 is 1. The van der Waals surface area contributed by atoms with Crippen LogP contribution in [0.25, 0.3) is 0 Å². The lowest BCUT2D eigenvalue weighted by Gasteiger charge is -2.24. The summed E-state index contributed by atoms with van der Waals surface area (Å²) in [5.74, 6) is -0.275. The first-order valence-electron chi connectivity index (χ1n) is 5.93. The number of fused-ring (bicyclic) bond motifs is 2. The molecule has 0 N–H and O–H groups in total. The lowest BCUT2D eigenvalue weighted by molar-refractivity contribution is -0.134. The van der Waals surface area contributed by atoms with Crippen LogP contribution in [0.5, 0.6) is 0 Å². The van der Waals surface area contributed by atoms with E-state index in [1.54, 1.807) is 0 Å². The van der Waals surface area contributed by atoms with Crippen molar-refractivity contribution in [3.05, 3.63) is 12.3 Å². The Bertz CT molecular complexity index is 291. The minimum atomic E-state index is -0.275. The number of hydrogen-bond donors (Lipinski definition) is 0. The Hall–Kier alpha value is -1.03.